The van der Waals surface area contributed by atoms with Gasteiger partial charge in [0.2, 0.25) is 5.91 Å². The first kappa shape index (κ1) is 32.6. The van der Waals surface area contributed by atoms with Crippen molar-refractivity contribution in [2.75, 3.05) is 52.8 Å². The van der Waals surface area contributed by atoms with Crippen molar-refractivity contribution in [1.29, 1.82) is 0 Å². The van der Waals surface area contributed by atoms with E-state index in [2.05, 4.69) is 15.4 Å². The summed E-state index contributed by atoms with van der Waals surface area (Å²) in [6.45, 7) is 3.18. The molecular weight excluding hydrogens is 568 g/mol. The monoisotopic (exact) mass is 602 g/mol. The van der Waals surface area contributed by atoms with Gasteiger partial charge < -0.3 is 35.7 Å². The third-order valence-corrected chi connectivity index (χ3v) is 6.23. The summed E-state index contributed by atoms with van der Waals surface area (Å²) in [7, 11) is 1.54. The number of carbonyl (C=O) groups is 2. The number of nitrogens with zero attached hydrogens (tertiary/aromatic N) is 3. The maximum absolute atomic E-state index is 13.0. The van der Waals surface area contributed by atoms with Crippen LogP contribution in [0, 0.1) is 0 Å². The minimum atomic E-state index is -0.998. The van der Waals surface area contributed by atoms with Gasteiger partial charge in [-0.3, -0.25) is 14.4 Å². The molecule has 42 heavy (non-hydrogen) atoms. The molecule has 13 nitrogen and oxygen atoms in total. The van der Waals surface area contributed by atoms with Crippen LogP contribution in [0.25, 0.3) is 11.1 Å². The summed E-state index contributed by atoms with van der Waals surface area (Å²) in [6.07, 6.45) is 3.05. The molecule has 0 spiro atoms. The van der Waals surface area contributed by atoms with E-state index in [1.807, 2.05) is 0 Å². The Balaban J connectivity index is 1.58. The van der Waals surface area contributed by atoms with Gasteiger partial charge in [-0.15, -0.1) is 0 Å². The highest BCUT2D eigenvalue weighted by Crippen LogP contribution is 2.26. The second kappa shape index (κ2) is 17.2. The van der Waals surface area contributed by atoms with Crippen LogP contribution in [0.1, 0.15) is 15.9 Å². The second-order valence-corrected chi connectivity index (χ2v) is 9.32. The van der Waals surface area contributed by atoms with Crippen LogP contribution in [-0.4, -0.2) is 85.4 Å². The van der Waals surface area contributed by atoms with Gasteiger partial charge in [-0.25, -0.2) is 9.67 Å². The number of pyridine rings is 1. The maximum atomic E-state index is 13.0. The van der Waals surface area contributed by atoms with Crippen molar-refractivity contribution in [3.05, 3.63) is 75.4 Å². The quantitative estimate of drug-likeness (QED) is 0.138. The number of hydrogen-bond acceptors (Lipinski definition) is 10. The molecule has 3 rings (SSSR count). The Labute approximate surface area is 248 Å². The van der Waals surface area contributed by atoms with Crippen LogP contribution >= 0.6 is 11.6 Å². The van der Waals surface area contributed by atoms with Crippen molar-refractivity contribution in [2.45, 2.75) is 12.5 Å². The van der Waals surface area contributed by atoms with E-state index in [0.717, 1.165) is 0 Å². The predicted octanol–water partition coefficient (Wildman–Crippen LogP) is 0.709. The number of nitrogens with one attached hydrogen (secondary N) is 1. The number of hydrogen-bond donors (Lipinski definition) is 3. The number of aryl methyl sites for hydroxylation is 1. The fourth-order valence-corrected chi connectivity index (χ4v) is 4.00. The van der Waals surface area contributed by atoms with Crippen LogP contribution in [0.2, 0.25) is 5.15 Å². The molecule has 0 bridgehead atoms. The molecule has 1 atom stereocenters. The lowest BCUT2D eigenvalue weighted by Gasteiger charge is -2.16. The summed E-state index contributed by atoms with van der Waals surface area (Å²) in [5.41, 5.74) is 12.3. The van der Waals surface area contributed by atoms with Gasteiger partial charge in [0.05, 0.1) is 57.0 Å². The Morgan fingerprint density at radius 1 is 1.00 bits per heavy atom. The molecule has 14 heteroatoms. The Morgan fingerprint density at radius 2 is 1.64 bits per heavy atom. The van der Waals surface area contributed by atoms with Crippen LogP contribution in [-0.2, 0) is 32.5 Å². The first-order valence-corrected chi connectivity index (χ1v) is 13.6. The smallest absolute Gasteiger partial charge is 0.278 e. The van der Waals surface area contributed by atoms with Gasteiger partial charge >= 0.3 is 0 Å². The molecule has 2 heterocycles. The van der Waals surface area contributed by atoms with Gasteiger partial charge in [-0.1, -0.05) is 35.9 Å². The molecule has 3 aromatic rings. The number of rotatable bonds is 18. The molecule has 0 aliphatic rings. The van der Waals surface area contributed by atoms with E-state index in [1.54, 1.807) is 37.4 Å². The molecule has 0 saturated heterocycles. The molecular formula is C28H35ClN6O7. The number of nitrogens with two attached hydrogens (primary N) is 2. The van der Waals surface area contributed by atoms with E-state index < -0.39 is 17.9 Å². The molecule has 0 radical (unpaired) electrons. The summed E-state index contributed by atoms with van der Waals surface area (Å²) in [6, 6.07) is 8.99. The molecule has 226 valence electrons. The van der Waals surface area contributed by atoms with Gasteiger partial charge in [-0.2, -0.15) is 5.10 Å². The minimum absolute atomic E-state index is 0.0142. The molecule has 0 aliphatic heterocycles. The van der Waals surface area contributed by atoms with Crippen molar-refractivity contribution >= 4 is 23.4 Å². The summed E-state index contributed by atoms with van der Waals surface area (Å²) >= 11 is 5.99. The van der Waals surface area contributed by atoms with E-state index in [1.165, 1.54) is 23.1 Å². The third kappa shape index (κ3) is 9.89. The molecule has 1 unspecified atom stereocenters. The Kier molecular flexibility index (Phi) is 13.3. The molecule has 2 amide bonds. The van der Waals surface area contributed by atoms with Gasteiger partial charge in [-0.05, 0) is 23.3 Å². The van der Waals surface area contributed by atoms with Crippen LogP contribution < -0.4 is 27.1 Å². The van der Waals surface area contributed by atoms with Crippen LogP contribution in [0.5, 0.6) is 5.75 Å². The van der Waals surface area contributed by atoms with Crippen LogP contribution in [0.15, 0.2) is 53.6 Å². The number of ether oxygens (including phenoxy) is 4. The number of aromatic nitrogens is 3. The second-order valence-electron chi connectivity index (χ2n) is 8.96. The van der Waals surface area contributed by atoms with Crippen LogP contribution in [0.3, 0.4) is 0 Å². The van der Waals surface area contributed by atoms with Crippen molar-refractivity contribution in [2.24, 2.45) is 18.5 Å². The van der Waals surface area contributed by atoms with Crippen molar-refractivity contribution < 1.29 is 28.5 Å². The van der Waals surface area contributed by atoms with Gasteiger partial charge in [0.25, 0.3) is 11.5 Å². The fraction of sp³-hybridized carbons (Fsp3) is 0.393. The lowest BCUT2D eigenvalue weighted by Crippen LogP contribution is -2.46. The standard InChI is InChI=1S/C28H35ClN6O7/c1-35-28(38)24(23(18-33-35)42-16-15-41-14-13-40-12-11-39-10-8-30)20-6-4-19(5-7-20)17-22(26(31)36)34-27(37)21-3-2-9-32-25(21)29/h2-7,9,18,22H,8,10-17,30H2,1H3,(H2,31,36)(H,34,37). The summed E-state index contributed by atoms with van der Waals surface area (Å²) in [5, 5.41) is 6.68. The lowest BCUT2D eigenvalue weighted by molar-refractivity contribution is -0.119. The molecule has 1 aromatic carbocycles. The average Bonchev–Trinajstić information content (AvgIpc) is 2.98. The highest BCUT2D eigenvalue weighted by molar-refractivity contribution is 6.32. The molecule has 5 N–H and O–H groups in total. The number of halogens is 1. The van der Waals surface area contributed by atoms with E-state index in [4.69, 9.17) is 42.0 Å². The highest BCUT2D eigenvalue weighted by Gasteiger charge is 2.21. The Hall–Kier alpha value is -3.88. The first-order valence-electron chi connectivity index (χ1n) is 13.2. The van der Waals surface area contributed by atoms with Crippen molar-refractivity contribution in [3.8, 4) is 16.9 Å². The number of amides is 2. The first-order chi connectivity index (χ1) is 20.3. The minimum Gasteiger partial charge on any atom is -0.489 e. The zero-order valence-electron chi connectivity index (χ0n) is 23.3. The molecule has 0 saturated carbocycles. The van der Waals surface area contributed by atoms with Crippen molar-refractivity contribution in [1.82, 2.24) is 20.1 Å². The summed E-state index contributed by atoms with van der Waals surface area (Å²) in [5.74, 6) is -0.977. The van der Waals surface area contributed by atoms with Gasteiger partial charge in [0.15, 0.2) is 5.75 Å². The fourth-order valence-electron chi connectivity index (χ4n) is 3.79. The largest absolute Gasteiger partial charge is 0.489 e. The highest BCUT2D eigenvalue weighted by atomic mass is 35.5. The topological polar surface area (TPSA) is 183 Å². The lowest BCUT2D eigenvalue weighted by atomic mass is 10.0. The zero-order chi connectivity index (χ0) is 30.3. The summed E-state index contributed by atoms with van der Waals surface area (Å²) < 4.78 is 23.2. The molecule has 0 fully saturated rings. The Bertz CT molecular complexity index is 1370. The van der Waals surface area contributed by atoms with E-state index in [9.17, 15) is 14.4 Å². The van der Waals surface area contributed by atoms with Gasteiger partial charge in [0, 0.05) is 26.2 Å². The maximum Gasteiger partial charge on any atom is 0.278 e. The third-order valence-electron chi connectivity index (χ3n) is 5.93. The molecule has 2 aromatic heterocycles. The van der Waals surface area contributed by atoms with E-state index in [-0.39, 0.29) is 35.9 Å². The Morgan fingerprint density at radius 3 is 2.26 bits per heavy atom. The molecule has 0 aliphatic carbocycles. The SMILES string of the molecule is Cn1ncc(OCCOCCOCCOCCN)c(-c2ccc(CC(NC(=O)c3cccnc3Cl)C(N)=O)cc2)c1=O. The number of benzene rings is 1. The average molecular weight is 603 g/mol. The van der Waals surface area contributed by atoms with Gasteiger partial charge in [0.1, 0.15) is 17.8 Å². The van der Waals surface area contributed by atoms with Crippen LogP contribution in [0.4, 0.5) is 0 Å². The number of carbonyl (C=O) groups excluding carboxylic acids is 2. The van der Waals surface area contributed by atoms with E-state index >= 15 is 0 Å². The normalized spacial score (nSPS) is 11.7. The number of primary amides is 1. The predicted molar refractivity (Wildman–Crippen MR) is 155 cm³/mol. The zero-order valence-corrected chi connectivity index (χ0v) is 24.0. The van der Waals surface area contributed by atoms with E-state index in [0.29, 0.717) is 62.0 Å². The summed E-state index contributed by atoms with van der Waals surface area (Å²) in [4.78, 5) is 41.5. The van der Waals surface area contributed by atoms with Crippen molar-refractivity contribution in [3.63, 3.8) is 0 Å².